The van der Waals surface area contributed by atoms with Crippen molar-refractivity contribution in [1.29, 1.82) is 0 Å². The summed E-state index contributed by atoms with van der Waals surface area (Å²) in [5.41, 5.74) is 1.85. The van der Waals surface area contributed by atoms with Gasteiger partial charge in [-0.3, -0.25) is 9.59 Å². The lowest BCUT2D eigenvalue weighted by Crippen LogP contribution is -2.67. The molecular weight excluding hydrogens is 572 g/mol. The number of carboxylic acid groups (broad SMARTS) is 1. The molecule has 46 heavy (non-hydrogen) atoms. The van der Waals surface area contributed by atoms with Crippen LogP contribution in [0.3, 0.4) is 0 Å². The molecule has 1 N–H and O–H groups in total. The third kappa shape index (κ3) is 4.86. The molecule has 0 heterocycles. The van der Waals surface area contributed by atoms with Gasteiger partial charge in [-0.25, -0.2) is 4.79 Å². The van der Waals surface area contributed by atoms with Gasteiger partial charge >= 0.3 is 11.9 Å². The van der Waals surface area contributed by atoms with Crippen molar-refractivity contribution in [1.82, 2.24) is 0 Å². The number of hydrogen-bond acceptors (Lipinski definition) is 4. The van der Waals surface area contributed by atoms with Gasteiger partial charge in [-0.2, -0.15) is 0 Å². The molecule has 0 aliphatic heterocycles. The minimum absolute atomic E-state index is 0.0434. The van der Waals surface area contributed by atoms with Gasteiger partial charge in [0.1, 0.15) is 11.9 Å². The highest BCUT2D eigenvalue weighted by atomic mass is 16.5. The van der Waals surface area contributed by atoms with Gasteiger partial charge in [-0.1, -0.05) is 66.2 Å². The maximum atomic E-state index is 14.0. The second-order valence-electron chi connectivity index (χ2n) is 18.2. The molecule has 5 fully saturated rings. The Hall–Kier alpha value is -2.17. The second-order valence-corrected chi connectivity index (χ2v) is 18.2. The predicted molar refractivity (Wildman–Crippen MR) is 181 cm³/mol. The molecule has 1 aromatic rings. The number of esters is 1. The molecule has 254 valence electrons. The predicted octanol–water partition coefficient (Wildman–Crippen LogP) is 9.69. The summed E-state index contributed by atoms with van der Waals surface area (Å²) in [4.78, 5) is 38.8. The number of ketones is 1. The Kier molecular flexibility index (Phi) is 8.41. The van der Waals surface area contributed by atoms with Crippen molar-refractivity contribution in [2.75, 3.05) is 0 Å². The van der Waals surface area contributed by atoms with E-state index in [1.54, 1.807) is 0 Å². The van der Waals surface area contributed by atoms with E-state index in [9.17, 15) is 19.5 Å². The van der Waals surface area contributed by atoms with Crippen LogP contribution in [0.1, 0.15) is 141 Å². The molecule has 5 nitrogen and oxygen atoms in total. The molecule has 5 heteroatoms. The molecule has 5 aliphatic rings. The lowest BCUT2D eigenvalue weighted by molar-refractivity contribution is -0.247. The normalized spacial score (nSPS) is 42.7. The maximum absolute atomic E-state index is 14.0. The number of ether oxygens (including phenoxy) is 1. The van der Waals surface area contributed by atoms with Crippen molar-refractivity contribution in [3.8, 4) is 0 Å². The zero-order chi connectivity index (χ0) is 33.4. The van der Waals surface area contributed by atoms with E-state index in [1.807, 2.05) is 31.2 Å². The fourth-order valence-electron chi connectivity index (χ4n) is 13.4. The first-order valence-corrected chi connectivity index (χ1v) is 18.5. The van der Waals surface area contributed by atoms with Crippen molar-refractivity contribution in [3.05, 3.63) is 35.4 Å². The number of benzene rings is 1. The van der Waals surface area contributed by atoms with Crippen LogP contribution in [0, 0.1) is 69.5 Å². The zero-order valence-electron chi connectivity index (χ0n) is 29.9. The SMILES string of the molecule is Cc1ccc(C(=O)O[C@@H]2CC[C@@]3(C)C(CC[C@]4(C)C3CCC3C5C(C(C)C)CC[C@]5(C(=O)CCC(=O)O)CC[C@]34C)C2(C)C)cc1. The van der Waals surface area contributed by atoms with Crippen LogP contribution in [0.2, 0.25) is 0 Å². The average Bonchev–Trinajstić information content (AvgIpc) is 3.39. The number of carboxylic acids is 1. The molecule has 0 radical (unpaired) electrons. The first-order chi connectivity index (χ1) is 21.5. The smallest absolute Gasteiger partial charge is 0.338 e. The fourth-order valence-corrected chi connectivity index (χ4v) is 13.4. The van der Waals surface area contributed by atoms with E-state index in [0.717, 1.165) is 50.5 Å². The number of carbonyl (C=O) groups excluding carboxylic acids is 2. The molecule has 0 saturated heterocycles. The number of aryl methyl sites for hydroxylation is 1. The lowest BCUT2D eigenvalue weighted by atomic mass is 9.32. The van der Waals surface area contributed by atoms with Gasteiger partial charge in [-0.05, 0) is 135 Å². The second kappa shape index (κ2) is 11.5. The van der Waals surface area contributed by atoms with Crippen molar-refractivity contribution in [2.45, 2.75) is 139 Å². The maximum Gasteiger partial charge on any atom is 0.338 e. The molecule has 5 saturated carbocycles. The van der Waals surface area contributed by atoms with Gasteiger partial charge in [0, 0.05) is 17.3 Å². The topological polar surface area (TPSA) is 80.7 Å². The Bertz CT molecular complexity index is 1360. The summed E-state index contributed by atoms with van der Waals surface area (Å²) in [7, 11) is 0. The van der Waals surface area contributed by atoms with Crippen molar-refractivity contribution < 1.29 is 24.2 Å². The lowest BCUT2D eigenvalue weighted by Gasteiger charge is -2.73. The van der Waals surface area contributed by atoms with Gasteiger partial charge in [-0.15, -0.1) is 0 Å². The molecule has 0 aromatic heterocycles. The van der Waals surface area contributed by atoms with Crippen molar-refractivity contribution >= 4 is 17.7 Å². The average molecular weight is 633 g/mol. The summed E-state index contributed by atoms with van der Waals surface area (Å²) < 4.78 is 6.34. The summed E-state index contributed by atoms with van der Waals surface area (Å²) in [5.74, 6) is 2.20. The Morgan fingerprint density at radius 3 is 2.15 bits per heavy atom. The van der Waals surface area contributed by atoms with Gasteiger partial charge in [0.25, 0.3) is 0 Å². The van der Waals surface area contributed by atoms with E-state index in [1.165, 1.54) is 19.3 Å². The largest absolute Gasteiger partial charge is 0.481 e. The third-order valence-corrected chi connectivity index (χ3v) is 15.9. The number of fused-ring (bicyclic) bond motifs is 7. The molecule has 5 unspecified atom stereocenters. The number of rotatable bonds is 7. The van der Waals surface area contributed by atoms with Crippen LogP contribution in [-0.4, -0.2) is 28.9 Å². The number of hydrogen-bond donors (Lipinski definition) is 1. The van der Waals surface area contributed by atoms with Gasteiger partial charge < -0.3 is 9.84 Å². The minimum atomic E-state index is -0.860. The first kappa shape index (κ1) is 33.7. The van der Waals surface area contributed by atoms with E-state index in [2.05, 4.69) is 48.5 Å². The molecular formula is C41H60O5. The van der Waals surface area contributed by atoms with E-state index in [-0.39, 0.29) is 57.8 Å². The van der Waals surface area contributed by atoms with E-state index in [4.69, 9.17) is 4.74 Å². The first-order valence-electron chi connectivity index (χ1n) is 18.5. The quantitative estimate of drug-likeness (QED) is 0.303. The number of Topliss-reactive ketones (excluding diaryl/α,β-unsaturated/α-hetero) is 1. The van der Waals surface area contributed by atoms with Crippen LogP contribution in [0.5, 0.6) is 0 Å². The molecule has 6 rings (SSSR count). The molecule has 0 amide bonds. The monoisotopic (exact) mass is 632 g/mol. The van der Waals surface area contributed by atoms with Crippen LogP contribution in [0.4, 0.5) is 0 Å². The fraction of sp³-hybridized carbons (Fsp3) is 0.780. The standard InChI is InChI=1S/C41H60O5/c1-25(2)28-17-22-41(32(42)15-16-34(43)44)24-23-39(7)29(35(28)41)13-14-31-38(6)20-19-33(37(4,5)30(38)18-21-40(31,39)8)46-36(45)27-11-9-26(3)10-12-27/h9-12,25,28-31,33,35H,13-24H2,1-8H3,(H,43,44)/t28?,29?,30?,31?,33-,35?,38+,39-,40-,41-/m1/s1. The van der Waals surface area contributed by atoms with Crippen LogP contribution in [-0.2, 0) is 14.3 Å². The van der Waals surface area contributed by atoms with Gasteiger partial charge in [0.2, 0.25) is 0 Å². The Morgan fingerprint density at radius 1 is 0.804 bits per heavy atom. The summed E-state index contributed by atoms with van der Waals surface area (Å²) in [6, 6.07) is 7.73. The summed E-state index contributed by atoms with van der Waals surface area (Å²) >= 11 is 0. The Balaban J connectivity index is 1.28. The third-order valence-electron chi connectivity index (χ3n) is 15.9. The van der Waals surface area contributed by atoms with Gasteiger partial charge in [0.05, 0.1) is 12.0 Å². The molecule has 0 bridgehead atoms. The van der Waals surface area contributed by atoms with E-state index in [0.29, 0.717) is 41.1 Å². The van der Waals surface area contributed by atoms with Gasteiger partial charge in [0.15, 0.2) is 0 Å². The minimum Gasteiger partial charge on any atom is -0.481 e. The van der Waals surface area contributed by atoms with Crippen LogP contribution < -0.4 is 0 Å². The van der Waals surface area contributed by atoms with Crippen LogP contribution in [0.25, 0.3) is 0 Å². The Labute approximate surface area is 278 Å². The summed E-state index contributed by atoms with van der Waals surface area (Å²) in [5, 5.41) is 9.43. The zero-order valence-corrected chi connectivity index (χ0v) is 29.9. The number of aliphatic carboxylic acids is 1. The number of carbonyl (C=O) groups is 3. The molecule has 1 aromatic carbocycles. The summed E-state index contributed by atoms with van der Waals surface area (Å²) in [6.45, 7) is 19.3. The van der Waals surface area contributed by atoms with E-state index >= 15 is 0 Å². The Morgan fingerprint density at radius 2 is 1.50 bits per heavy atom. The van der Waals surface area contributed by atoms with Crippen molar-refractivity contribution in [2.24, 2.45) is 62.6 Å². The van der Waals surface area contributed by atoms with Crippen molar-refractivity contribution in [3.63, 3.8) is 0 Å². The molecule has 0 spiro atoms. The highest BCUT2D eigenvalue weighted by Gasteiger charge is 2.72. The van der Waals surface area contributed by atoms with Crippen LogP contribution in [0.15, 0.2) is 24.3 Å². The molecule has 10 atom stereocenters. The highest BCUT2D eigenvalue weighted by molar-refractivity contribution is 5.89. The highest BCUT2D eigenvalue weighted by Crippen LogP contribution is 2.77. The molecule has 5 aliphatic carbocycles. The van der Waals surface area contributed by atoms with E-state index < -0.39 is 5.97 Å². The van der Waals surface area contributed by atoms with Crippen LogP contribution >= 0.6 is 0 Å². The summed E-state index contributed by atoms with van der Waals surface area (Å²) in [6.07, 6.45) is 10.8.